The molecule has 0 unspecified atom stereocenters. The summed E-state index contributed by atoms with van der Waals surface area (Å²) in [5.41, 5.74) is 1.33. The Morgan fingerprint density at radius 1 is 1.50 bits per heavy atom. The predicted molar refractivity (Wildman–Crippen MR) is 61.8 cm³/mol. The standard InChI is InChI=1S/C11H11NO3S/c1-7(13)6-12-8-3-4-16-10(8)5-9(12)11(14)15-2/h3-5H,6H2,1-2H3. The van der Waals surface area contributed by atoms with E-state index in [0.29, 0.717) is 5.69 Å². The van der Waals surface area contributed by atoms with Crippen molar-refractivity contribution in [2.75, 3.05) is 7.11 Å². The lowest BCUT2D eigenvalue weighted by Crippen LogP contribution is -2.14. The van der Waals surface area contributed by atoms with E-state index >= 15 is 0 Å². The van der Waals surface area contributed by atoms with Crippen molar-refractivity contribution in [1.29, 1.82) is 0 Å². The molecule has 2 heterocycles. The Kier molecular flexibility index (Phi) is 2.78. The van der Waals surface area contributed by atoms with Crippen molar-refractivity contribution < 1.29 is 14.3 Å². The van der Waals surface area contributed by atoms with E-state index in [9.17, 15) is 9.59 Å². The van der Waals surface area contributed by atoms with E-state index in [1.54, 1.807) is 10.6 Å². The molecule has 0 aliphatic rings. The Balaban J connectivity index is 2.58. The Morgan fingerprint density at radius 2 is 2.25 bits per heavy atom. The van der Waals surface area contributed by atoms with Crippen LogP contribution >= 0.6 is 11.3 Å². The van der Waals surface area contributed by atoms with Crippen LogP contribution in [-0.4, -0.2) is 23.4 Å². The molecule has 0 saturated heterocycles. The number of Topliss-reactive ketones (excluding diaryl/α,β-unsaturated/α-hetero) is 1. The van der Waals surface area contributed by atoms with Gasteiger partial charge in [-0.15, -0.1) is 11.3 Å². The number of ether oxygens (including phenoxy) is 1. The molecule has 84 valence electrons. The van der Waals surface area contributed by atoms with Gasteiger partial charge in [0, 0.05) is 0 Å². The van der Waals surface area contributed by atoms with Gasteiger partial charge in [0.05, 0.1) is 23.9 Å². The lowest BCUT2D eigenvalue weighted by atomic mass is 10.4. The largest absolute Gasteiger partial charge is 0.464 e. The fourth-order valence-electron chi connectivity index (χ4n) is 1.64. The lowest BCUT2D eigenvalue weighted by Gasteiger charge is -2.05. The number of esters is 1. The molecule has 0 aliphatic carbocycles. The SMILES string of the molecule is COC(=O)c1cc2sccc2n1CC(C)=O. The third-order valence-electron chi connectivity index (χ3n) is 2.30. The van der Waals surface area contributed by atoms with Crippen molar-refractivity contribution in [2.45, 2.75) is 13.5 Å². The number of methoxy groups -OCH3 is 1. The molecule has 16 heavy (non-hydrogen) atoms. The second-order valence-corrected chi connectivity index (χ2v) is 4.43. The highest BCUT2D eigenvalue weighted by molar-refractivity contribution is 7.17. The molecular formula is C11H11NO3S. The third kappa shape index (κ3) is 1.74. The normalized spacial score (nSPS) is 10.6. The van der Waals surface area contributed by atoms with E-state index in [-0.39, 0.29) is 12.3 Å². The fraction of sp³-hybridized carbons (Fsp3) is 0.273. The topological polar surface area (TPSA) is 48.3 Å². The van der Waals surface area contributed by atoms with Gasteiger partial charge in [-0.3, -0.25) is 4.79 Å². The third-order valence-corrected chi connectivity index (χ3v) is 3.15. The van der Waals surface area contributed by atoms with Gasteiger partial charge in [-0.1, -0.05) is 0 Å². The summed E-state index contributed by atoms with van der Waals surface area (Å²) in [6.07, 6.45) is 0. The Bertz CT molecular complexity index is 553. The first-order valence-corrected chi connectivity index (χ1v) is 5.66. The summed E-state index contributed by atoms with van der Waals surface area (Å²) >= 11 is 1.54. The summed E-state index contributed by atoms with van der Waals surface area (Å²) in [5, 5.41) is 1.93. The number of aromatic nitrogens is 1. The zero-order valence-electron chi connectivity index (χ0n) is 9.02. The molecular weight excluding hydrogens is 226 g/mol. The number of thiophene rings is 1. The number of hydrogen-bond donors (Lipinski definition) is 0. The van der Waals surface area contributed by atoms with Gasteiger partial charge >= 0.3 is 5.97 Å². The van der Waals surface area contributed by atoms with Crippen LogP contribution in [0.4, 0.5) is 0 Å². The molecule has 2 rings (SSSR count). The summed E-state index contributed by atoms with van der Waals surface area (Å²) in [4.78, 5) is 22.7. The monoisotopic (exact) mass is 237 g/mol. The fourth-order valence-corrected chi connectivity index (χ4v) is 2.47. The van der Waals surface area contributed by atoms with Gasteiger partial charge in [0.2, 0.25) is 0 Å². The van der Waals surface area contributed by atoms with Gasteiger partial charge in [-0.25, -0.2) is 4.79 Å². The Labute approximate surface area is 96.4 Å². The number of carbonyl (C=O) groups excluding carboxylic acids is 2. The van der Waals surface area contributed by atoms with E-state index in [0.717, 1.165) is 10.2 Å². The van der Waals surface area contributed by atoms with E-state index in [4.69, 9.17) is 4.74 Å². The number of ketones is 1. The summed E-state index contributed by atoms with van der Waals surface area (Å²) in [5.74, 6) is -0.404. The molecule has 0 aromatic carbocycles. The molecule has 0 radical (unpaired) electrons. The highest BCUT2D eigenvalue weighted by Gasteiger charge is 2.17. The summed E-state index contributed by atoms with van der Waals surface area (Å²) in [7, 11) is 1.33. The van der Waals surface area contributed by atoms with Crippen molar-refractivity contribution in [3.8, 4) is 0 Å². The van der Waals surface area contributed by atoms with Crippen LogP contribution in [0.3, 0.4) is 0 Å². The molecule has 2 aromatic heterocycles. The molecule has 0 bridgehead atoms. The minimum atomic E-state index is -0.412. The number of rotatable bonds is 3. The quantitative estimate of drug-likeness (QED) is 0.768. The zero-order valence-corrected chi connectivity index (χ0v) is 9.84. The van der Waals surface area contributed by atoms with Gasteiger partial charge < -0.3 is 9.30 Å². The molecule has 0 amide bonds. The maximum atomic E-state index is 11.5. The molecule has 5 heteroatoms. The second-order valence-electron chi connectivity index (χ2n) is 3.48. The summed E-state index contributed by atoms with van der Waals surface area (Å²) < 4.78 is 7.37. The van der Waals surface area contributed by atoms with Crippen molar-refractivity contribution in [2.24, 2.45) is 0 Å². The van der Waals surface area contributed by atoms with E-state index in [1.165, 1.54) is 25.4 Å². The van der Waals surface area contributed by atoms with E-state index < -0.39 is 5.97 Å². The minimum Gasteiger partial charge on any atom is -0.464 e. The highest BCUT2D eigenvalue weighted by Crippen LogP contribution is 2.25. The maximum absolute atomic E-state index is 11.5. The van der Waals surface area contributed by atoms with Crippen LogP contribution in [0, 0.1) is 0 Å². The highest BCUT2D eigenvalue weighted by atomic mass is 32.1. The molecule has 0 aliphatic heterocycles. The number of nitrogens with zero attached hydrogens (tertiary/aromatic N) is 1. The predicted octanol–water partition coefficient (Wildman–Crippen LogP) is 2.08. The van der Waals surface area contributed by atoms with E-state index in [1.807, 2.05) is 11.4 Å². The van der Waals surface area contributed by atoms with Crippen LogP contribution in [0.2, 0.25) is 0 Å². The lowest BCUT2D eigenvalue weighted by molar-refractivity contribution is -0.117. The zero-order chi connectivity index (χ0) is 11.7. The van der Waals surface area contributed by atoms with Gasteiger partial charge in [-0.2, -0.15) is 0 Å². The molecule has 0 saturated carbocycles. The van der Waals surface area contributed by atoms with Gasteiger partial charge in [-0.05, 0) is 24.4 Å². The van der Waals surface area contributed by atoms with Crippen molar-refractivity contribution in [3.63, 3.8) is 0 Å². The summed E-state index contributed by atoms with van der Waals surface area (Å²) in [6, 6.07) is 3.66. The smallest absolute Gasteiger partial charge is 0.354 e. The van der Waals surface area contributed by atoms with Crippen LogP contribution in [0.25, 0.3) is 10.2 Å². The number of hydrogen-bond acceptors (Lipinski definition) is 4. The van der Waals surface area contributed by atoms with Crippen LogP contribution in [0.15, 0.2) is 17.5 Å². The average Bonchev–Trinajstić information content (AvgIpc) is 2.79. The van der Waals surface area contributed by atoms with E-state index in [2.05, 4.69) is 0 Å². The maximum Gasteiger partial charge on any atom is 0.354 e. The molecule has 0 spiro atoms. The first kappa shape index (κ1) is 10.9. The molecule has 0 atom stereocenters. The van der Waals surface area contributed by atoms with Crippen LogP contribution in [0.5, 0.6) is 0 Å². The minimum absolute atomic E-state index is 0.00820. The first-order valence-electron chi connectivity index (χ1n) is 4.78. The average molecular weight is 237 g/mol. The Hall–Kier alpha value is -1.62. The molecule has 0 N–H and O–H groups in total. The van der Waals surface area contributed by atoms with Crippen molar-refractivity contribution in [3.05, 3.63) is 23.2 Å². The van der Waals surface area contributed by atoms with Crippen LogP contribution in [0.1, 0.15) is 17.4 Å². The summed E-state index contributed by atoms with van der Waals surface area (Å²) in [6.45, 7) is 1.70. The van der Waals surface area contributed by atoms with Crippen molar-refractivity contribution >= 4 is 33.3 Å². The van der Waals surface area contributed by atoms with Gasteiger partial charge in [0.15, 0.2) is 0 Å². The van der Waals surface area contributed by atoms with Crippen LogP contribution < -0.4 is 0 Å². The van der Waals surface area contributed by atoms with Gasteiger partial charge in [0.25, 0.3) is 0 Å². The first-order chi connectivity index (χ1) is 7.63. The number of fused-ring (bicyclic) bond motifs is 1. The van der Waals surface area contributed by atoms with Crippen molar-refractivity contribution in [1.82, 2.24) is 4.57 Å². The second kappa shape index (κ2) is 4.09. The Morgan fingerprint density at radius 3 is 2.88 bits per heavy atom. The van der Waals surface area contributed by atoms with Gasteiger partial charge in [0.1, 0.15) is 11.5 Å². The molecule has 4 nitrogen and oxygen atoms in total. The van der Waals surface area contributed by atoms with Crippen LogP contribution in [-0.2, 0) is 16.1 Å². The molecule has 0 fully saturated rings. The number of carbonyl (C=O) groups is 2. The molecule has 2 aromatic rings.